The van der Waals surface area contributed by atoms with Crippen molar-refractivity contribution < 1.29 is 4.79 Å². The predicted molar refractivity (Wildman–Crippen MR) is 98.6 cm³/mol. The molecule has 2 aromatic heterocycles. The molecule has 24 heavy (non-hydrogen) atoms. The van der Waals surface area contributed by atoms with Gasteiger partial charge in [-0.05, 0) is 31.0 Å². The zero-order valence-corrected chi connectivity index (χ0v) is 14.7. The lowest BCUT2D eigenvalue weighted by Gasteiger charge is -2.05. The Morgan fingerprint density at radius 1 is 1.29 bits per heavy atom. The van der Waals surface area contributed by atoms with Crippen LogP contribution in [-0.4, -0.2) is 15.9 Å². The van der Waals surface area contributed by atoms with Crippen molar-refractivity contribution in [2.24, 2.45) is 5.92 Å². The molecule has 0 bridgehead atoms. The fourth-order valence-corrected chi connectivity index (χ4v) is 4.29. The zero-order valence-electron chi connectivity index (χ0n) is 12.3. The molecule has 1 aromatic carbocycles. The topological polar surface area (TPSA) is 80.9 Å². The van der Waals surface area contributed by atoms with Gasteiger partial charge >= 0.3 is 0 Å². The minimum atomic E-state index is 0.00787. The van der Waals surface area contributed by atoms with Gasteiger partial charge in [0.05, 0.1) is 20.3 Å². The highest BCUT2D eigenvalue weighted by atomic mass is 35.5. The van der Waals surface area contributed by atoms with Gasteiger partial charge in [0.25, 0.3) is 0 Å². The van der Waals surface area contributed by atoms with Crippen LogP contribution in [0.3, 0.4) is 0 Å². The van der Waals surface area contributed by atoms with Crippen LogP contribution in [0.4, 0.5) is 11.5 Å². The molecule has 0 spiro atoms. The summed E-state index contributed by atoms with van der Waals surface area (Å²) in [6, 6.07) is 5.08. The van der Waals surface area contributed by atoms with E-state index < -0.39 is 0 Å². The van der Waals surface area contributed by atoms with Crippen LogP contribution in [0, 0.1) is 5.92 Å². The standard InChI is InChI=1S/C16H12Cl2N4OS/c17-9-5-8(19)6-10(18)12(9)16-21-11-3-4-20-14(13(11)24-16)22-15(23)7-1-2-7/h3-7H,1-2,19H2,(H,20,22,23). The molecular formula is C16H12Cl2N4OS. The summed E-state index contributed by atoms with van der Waals surface area (Å²) in [6.07, 6.45) is 3.50. The number of nitrogens with zero attached hydrogens (tertiary/aromatic N) is 2. The monoisotopic (exact) mass is 378 g/mol. The van der Waals surface area contributed by atoms with Crippen molar-refractivity contribution in [2.45, 2.75) is 12.8 Å². The van der Waals surface area contributed by atoms with E-state index in [1.165, 1.54) is 11.3 Å². The minimum absolute atomic E-state index is 0.00787. The third kappa shape index (κ3) is 2.81. The number of nitrogen functional groups attached to an aromatic ring is 1. The molecule has 3 aromatic rings. The molecule has 0 atom stereocenters. The van der Waals surface area contributed by atoms with Crippen LogP contribution in [0.5, 0.6) is 0 Å². The molecule has 122 valence electrons. The summed E-state index contributed by atoms with van der Waals surface area (Å²) in [5.74, 6) is 0.639. The highest BCUT2D eigenvalue weighted by Crippen LogP contribution is 2.41. The Bertz CT molecular complexity index is 945. The van der Waals surface area contributed by atoms with Crippen molar-refractivity contribution in [3.05, 3.63) is 34.4 Å². The van der Waals surface area contributed by atoms with Crippen LogP contribution in [0.15, 0.2) is 24.4 Å². The Balaban J connectivity index is 1.80. The number of rotatable bonds is 3. The first-order chi connectivity index (χ1) is 11.5. The fourth-order valence-electron chi connectivity index (χ4n) is 2.41. The molecule has 4 rings (SSSR count). The van der Waals surface area contributed by atoms with Crippen molar-refractivity contribution in [3.8, 4) is 10.6 Å². The Kier molecular flexibility index (Phi) is 3.83. The van der Waals surface area contributed by atoms with Gasteiger partial charge in [0.15, 0.2) is 5.82 Å². The molecule has 0 unspecified atom stereocenters. The van der Waals surface area contributed by atoms with Gasteiger partial charge in [0, 0.05) is 23.4 Å². The van der Waals surface area contributed by atoms with E-state index in [4.69, 9.17) is 28.9 Å². The molecular weight excluding hydrogens is 367 g/mol. The van der Waals surface area contributed by atoms with E-state index >= 15 is 0 Å². The van der Waals surface area contributed by atoms with E-state index in [1.54, 1.807) is 24.4 Å². The van der Waals surface area contributed by atoms with Crippen LogP contribution in [0.25, 0.3) is 20.8 Å². The van der Waals surface area contributed by atoms with Crippen LogP contribution in [-0.2, 0) is 4.79 Å². The number of carbonyl (C=O) groups is 1. The number of hydrogen-bond acceptors (Lipinski definition) is 5. The number of aromatic nitrogens is 2. The molecule has 1 aliphatic carbocycles. The Labute approximate surface area is 151 Å². The maximum atomic E-state index is 12.0. The maximum Gasteiger partial charge on any atom is 0.228 e. The molecule has 1 aliphatic rings. The van der Waals surface area contributed by atoms with Crippen molar-refractivity contribution in [2.75, 3.05) is 11.1 Å². The molecule has 2 heterocycles. The summed E-state index contributed by atoms with van der Waals surface area (Å²) in [4.78, 5) is 20.9. The minimum Gasteiger partial charge on any atom is -0.399 e. The molecule has 0 saturated heterocycles. The lowest BCUT2D eigenvalue weighted by molar-refractivity contribution is -0.117. The number of pyridine rings is 1. The third-order valence-electron chi connectivity index (χ3n) is 3.77. The van der Waals surface area contributed by atoms with Gasteiger partial charge in [-0.1, -0.05) is 23.2 Å². The fraction of sp³-hybridized carbons (Fsp3) is 0.188. The number of carbonyl (C=O) groups excluding carboxylic acids is 1. The highest BCUT2D eigenvalue weighted by Gasteiger charge is 2.30. The summed E-state index contributed by atoms with van der Waals surface area (Å²) < 4.78 is 0.797. The largest absolute Gasteiger partial charge is 0.399 e. The predicted octanol–water partition coefficient (Wildman–Crippen LogP) is 4.60. The second-order valence-electron chi connectivity index (χ2n) is 5.65. The number of nitrogens with two attached hydrogens (primary N) is 1. The molecule has 1 amide bonds. The first kappa shape index (κ1) is 15.6. The normalized spacial score (nSPS) is 14.1. The molecule has 8 heteroatoms. The average molecular weight is 379 g/mol. The second kappa shape index (κ2) is 5.88. The number of nitrogens with one attached hydrogen (secondary N) is 1. The maximum absolute atomic E-state index is 12.0. The first-order valence-electron chi connectivity index (χ1n) is 7.34. The lowest BCUT2D eigenvalue weighted by atomic mass is 10.2. The smallest absolute Gasteiger partial charge is 0.228 e. The van der Waals surface area contributed by atoms with E-state index in [0.29, 0.717) is 32.1 Å². The first-order valence-corrected chi connectivity index (χ1v) is 8.91. The number of benzene rings is 1. The van der Waals surface area contributed by atoms with Crippen LogP contribution < -0.4 is 11.1 Å². The van der Waals surface area contributed by atoms with Gasteiger partial charge < -0.3 is 11.1 Å². The number of amides is 1. The van der Waals surface area contributed by atoms with Gasteiger partial charge in [-0.15, -0.1) is 11.3 Å². The number of fused-ring (bicyclic) bond motifs is 1. The highest BCUT2D eigenvalue weighted by molar-refractivity contribution is 7.22. The summed E-state index contributed by atoms with van der Waals surface area (Å²) >= 11 is 14.0. The van der Waals surface area contributed by atoms with Crippen LogP contribution >= 0.6 is 34.5 Å². The summed E-state index contributed by atoms with van der Waals surface area (Å²) in [5, 5.41) is 4.43. The molecule has 1 fully saturated rings. The van der Waals surface area contributed by atoms with Crippen LogP contribution in [0.1, 0.15) is 12.8 Å². The Morgan fingerprint density at radius 3 is 2.67 bits per heavy atom. The lowest BCUT2D eigenvalue weighted by Crippen LogP contribution is -2.14. The van der Waals surface area contributed by atoms with Gasteiger partial charge in [-0.3, -0.25) is 4.79 Å². The van der Waals surface area contributed by atoms with Crippen molar-refractivity contribution in [1.29, 1.82) is 0 Å². The van der Waals surface area contributed by atoms with E-state index in [-0.39, 0.29) is 11.8 Å². The van der Waals surface area contributed by atoms with Gasteiger partial charge in [-0.25, -0.2) is 9.97 Å². The van der Waals surface area contributed by atoms with Crippen molar-refractivity contribution >= 4 is 62.2 Å². The van der Waals surface area contributed by atoms with Gasteiger partial charge in [0.2, 0.25) is 5.91 Å². The number of thiazole rings is 1. The van der Waals surface area contributed by atoms with E-state index in [1.807, 2.05) is 0 Å². The quantitative estimate of drug-likeness (QED) is 0.652. The van der Waals surface area contributed by atoms with Crippen molar-refractivity contribution in [3.63, 3.8) is 0 Å². The zero-order chi connectivity index (χ0) is 16.8. The Morgan fingerprint density at radius 2 is 2.00 bits per heavy atom. The number of hydrogen-bond donors (Lipinski definition) is 2. The summed E-state index contributed by atoms with van der Waals surface area (Å²) in [6.45, 7) is 0. The molecule has 5 nitrogen and oxygen atoms in total. The molecule has 3 N–H and O–H groups in total. The third-order valence-corrected chi connectivity index (χ3v) is 5.46. The Hall–Kier alpha value is -1.89. The van der Waals surface area contributed by atoms with E-state index in [9.17, 15) is 4.79 Å². The number of halogens is 2. The van der Waals surface area contributed by atoms with Gasteiger partial charge in [-0.2, -0.15) is 0 Å². The summed E-state index contributed by atoms with van der Waals surface area (Å²) in [5.41, 5.74) is 7.61. The average Bonchev–Trinajstić information content (AvgIpc) is 3.27. The van der Waals surface area contributed by atoms with E-state index in [2.05, 4.69) is 15.3 Å². The van der Waals surface area contributed by atoms with Crippen LogP contribution in [0.2, 0.25) is 10.0 Å². The molecule has 1 saturated carbocycles. The number of anilines is 2. The molecule has 0 radical (unpaired) electrons. The van der Waals surface area contributed by atoms with Crippen molar-refractivity contribution in [1.82, 2.24) is 9.97 Å². The van der Waals surface area contributed by atoms with E-state index in [0.717, 1.165) is 23.1 Å². The SMILES string of the molecule is Nc1cc(Cl)c(-c2nc3ccnc(NC(=O)C4CC4)c3s2)c(Cl)c1. The summed E-state index contributed by atoms with van der Waals surface area (Å²) in [7, 11) is 0. The van der Waals surface area contributed by atoms with Gasteiger partial charge in [0.1, 0.15) is 5.01 Å². The second-order valence-corrected chi connectivity index (χ2v) is 7.46. The molecule has 0 aliphatic heterocycles.